The number of piperidine rings is 1. The number of nitrogens with one attached hydrogen (secondary N) is 1. The molecule has 1 aliphatic carbocycles. The van der Waals surface area contributed by atoms with Gasteiger partial charge in [0.2, 0.25) is 5.91 Å². The van der Waals surface area contributed by atoms with E-state index in [-0.39, 0.29) is 30.7 Å². The number of hydrogen-bond donors (Lipinski definition) is 2. The summed E-state index contributed by atoms with van der Waals surface area (Å²) < 4.78 is 0. The zero-order valence-electron chi connectivity index (χ0n) is 13.3. The Morgan fingerprint density at radius 1 is 1.24 bits per heavy atom. The third-order valence-corrected chi connectivity index (χ3v) is 4.49. The van der Waals surface area contributed by atoms with Crippen LogP contribution in [0.3, 0.4) is 0 Å². The van der Waals surface area contributed by atoms with Crippen LogP contribution in [-0.2, 0) is 4.79 Å². The summed E-state index contributed by atoms with van der Waals surface area (Å²) in [4.78, 5) is 14.7. The van der Waals surface area contributed by atoms with Crippen LogP contribution >= 0.6 is 24.8 Å². The molecule has 4 nitrogen and oxygen atoms in total. The van der Waals surface area contributed by atoms with Gasteiger partial charge in [-0.2, -0.15) is 0 Å². The summed E-state index contributed by atoms with van der Waals surface area (Å²) in [5.41, 5.74) is 5.62. The van der Waals surface area contributed by atoms with Crippen molar-refractivity contribution in [2.24, 2.45) is 11.7 Å². The number of nitrogens with two attached hydrogens (primary N) is 1. The van der Waals surface area contributed by atoms with Crippen LogP contribution in [0.4, 0.5) is 0 Å². The SMILES string of the molecule is CC(C)CN1CCC(NC(=O)C2(N)CCCC2)CC1.Cl.Cl. The van der Waals surface area contributed by atoms with E-state index in [9.17, 15) is 4.79 Å². The van der Waals surface area contributed by atoms with Crippen molar-refractivity contribution in [1.29, 1.82) is 0 Å². The normalized spacial score (nSPS) is 22.5. The van der Waals surface area contributed by atoms with Gasteiger partial charge in [0.05, 0.1) is 5.54 Å². The molecule has 6 heteroatoms. The number of likely N-dealkylation sites (tertiary alicyclic amines) is 1. The molecule has 1 saturated heterocycles. The molecule has 126 valence electrons. The fraction of sp³-hybridized carbons (Fsp3) is 0.933. The molecular weight excluding hydrogens is 309 g/mol. The summed E-state index contributed by atoms with van der Waals surface area (Å²) in [6, 6.07) is 0.330. The first-order valence-corrected chi connectivity index (χ1v) is 7.82. The van der Waals surface area contributed by atoms with E-state index in [0.29, 0.717) is 6.04 Å². The van der Waals surface area contributed by atoms with Gasteiger partial charge in [0.1, 0.15) is 0 Å². The summed E-state index contributed by atoms with van der Waals surface area (Å²) in [7, 11) is 0. The summed E-state index contributed by atoms with van der Waals surface area (Å²) in [6.45, 7) is 7.88. The van der Waals surface area contributed by atoms with Gasteiger partial charge >= 0.3 is 0 Å². The Morgan fingerprint density at radius 2 is 1.76 bits per heavy atom. The number of halogens is 2. The van der Waals surface area contributed by atoms with Crippen LogP contribution in [-0.4, -0.2) is 42.0 Å². The van der Waals surface area contributed by atoms with Crippen molar-refractivity contribution in [2.75, 3.05) is 19.6 Å². The van der Waals surface area contributed by atoms with E-state index in [1.807, 2.05) is 0 Å². The first-order chi connectivity index (χ1) is 8.99. The fourth-order valence-electron chi connectivity index (χ4n) is 3.34. The first-order valence-electron chi connectivity index (χ1n) is 7.82. The summed E-state index contributed by atoms with van der Waals surface area (Å²) in [5, 5.41) is 3.18. The van der Waals surface area contributed by atoms with Gasteiger partial charge in [-0.1, -0.05) is 26.7 Å². The Balaban J connectivity index is 0.00000200. The van der Waals surface area contributed by atoms with Crippen molar-refractivity contribution in [3.63, 3.8) is 0 Å². The number of rotatable bonds is 4. The Labute approximate surface area is 141 Å². The van der Waals surface area contributed by atoms with Crippen LogP contribution in [0.15, 0.2) is 0 Å². The molecule has 0 radical (unpaired) electrons. The Bertz CT molecular complexity index is 312. The average molecular weight is 340 g/mol. The molecule has 1 aliphatic heterocycles. The second-order valence-electron chi connectivity index (χ2n) is 6.81. The maximum absolute atomic E-state index is 12.2. The molecule has 0 aromatic heterocycles. The third kappa shape index (κ3) is 5.93. The second kappa shape index (κ2) is 9.19. The van der Waals surface area contributed by atoms with Gasteiger partial charge in [0.25, 0.3) is 0 Å². The summed E-state index contributed by atoms with van der Waals surface area (Å²) in [5.74, 6) is 0.809. The van der Waals surface area contributed by atoms with Gasteiger partial charge in [-0.25, -0.2) is 0 Å². The molecule has 0 aromatic carbocycles. The molecule has 2 fully saturated rings. The van der Waals surface area contributed by atoms with E-state index in [2.05, 4.69) is 24.1 Å². The van der Waals surface area contributed by atoms with Crippen molar-refractivity contribution in [1.82, 2.24) is 10.2 Å². The van der Waals surface area contributed by atoms with E-state index >= 15 is 0 Å². The number of nitrogens with zero attached hydrogens (tertiary/aromatic N) is 1. The van der Waals surface area contributed by atoms with Gasteiger partial charge in [-0.15, -0.1) is 24.8 Å². The van der Waals surface area contributed by atoms with Crippen molar-refractivity contribution in [3.05, 3.63) is 0 Å². The monoisotopic (exact) mass is 339 g/mol. The van der Waals surface area contributed by atoms with Gasteiger partial charge in [-0.05, 0) is 31.6 Å². The smallest absolute Gasteiger partial charge is 0.240 e. The molecule has 1 amide bonds. The molecule has 2 aliphatic rings. The molecule has 0 spiro atoms. The largest absolute Gasteiger partial charge is 0.352 e. The highest BCUT2D eigenvalue weighted by Gasteiger charge is 2.38. The highest BCUT2D eigenvalue weighted by molar-refractivity contribution is 5.86. The van der Waals surface area contributed by atoms with Crippen molar-refractivity contribution in [2.45, 2.75) is 64.0 Å². The maximum Gasteiger partial charge on any atom is 0.240 e. The quantitative estimate of drug-likeness (QED) is 0.826. The highest BCUT2D eigenvalue weighted by Crippen LogP contribution is 2.27. The van der Waals surface area contributed by atoms with Crippen LogP contribution in [0.5, 0.6) is 0 Å². The molecule has 0 bridgehead atoms. The topological polar surface area (TPSA) is 58.4 Å². The molecular formula is C15H31Cl2N3O. The highest BCUT2D eigenvalue weighted by atomic mass is 35.5. The molecule has 1 saturated carbocycles. The van der Waals surface area contributed by atoms with Gasteiger partial charge in [0.15, 0.2) is 0 Å². The first kappa shape index (κ1) is 21.0. The number of amides is 1. The minimum absolute atomic E-state index is 0. The van der Waals surface area contributed by atoms with Gasteiger partial charge in [0, 0.05) is 25.7 Å². The van der Waals surface area contributed by atoms with Crippen LogP contribution in [0.25, 0.3) is 0 Å². The Hall–Kier alpha value is -0.0300. The van der Waals surface area contributed by atoms with Crippen molar-refractivity contribution < 1.29 is 4.79 Å². The molecule has 0 unspecified atom stereocenters. The summed E-state index contributed by atoms with van der Waals surface area (Å²) >= 11 is 0. The molecule has 3 N–H and O–H groups in total. The predicted molar refractivity (Wildman–Crippen MR) is 92.3 cm³/mol. The van der Waals surface area contributed by atoms with E-state index in [0.717, 1.165) is 57.5 Å². The standard InChI is InChI=1S/C15H29N3O.2ClH/c1-12(2)11-18-9-5-13(6-10-18)17-14(19)15(16)7-3-4-8-15;;/h12-13H,3-11,16H2,1-2H3,(H,17,19);2*1H. The van der Waals surface area contributed by atoms with Gasteiger partial charge < -0.3 is 16.0 Å². The Kier molecular flexibility index (Phi) is 9.17. The van der Waals surface area contributed by atoms with E-state index < -0.39 is 5.54 Å². The van der Waals surface area contributed by atoms with Crippen molar-refractivity contribution >= 4 is 30.7 Å². The zero-order valence-corrected chi connectivity index (χ0v) is 14.9. The lowest BCUT2D eigenvalue weighted by Gasteiger charge is -2.35. The average Bonchev–Trinajstić information content (AvgIpc) is 2.79. The predicted octanol–water partition coefficient (Wildman–Crippen LogP) is 2.34. The van der Waals surface area contributed by atoms with Crippen LogP contribution in [0, 0.1) is 5.92 Å². The number of hydrogen-bond acceptors (Lipinski definition) is 3. The maximum atomic E-state index is 12.2. The minimum Gasteiger partial charge on any atom is -0.352 e. The lowest BCUT2D eigenvalue weighted by Crippen LogP contribution is -2.56. The minimum atomic E-state index is -0.574. The van der Waals surface area contributed by atoms with Crippen molar-refractivity contribution in [3.8, 4) is 0 Å². The number of carbonyl (C=O) groups is 1. The van der Waals surface area contributed by atoms with E-state index in [1.54, 1.807) is 0 Å². The second-order valence-corrected chi connectivity index (χ2v) is 6.81. The zero-order chi connectivity index (χ0) is 13.9. The lowest BCUT2D eigenvalue weighted by molar-refractivity contribution is -0.127. The fourth-order valence-corrected chi connectivity index (χ4v) is 3.34. The number of carbonyl (C=O) groups excluding carboxylic acids is 1. The molecule has 0 aromatic rings. The third-order valence-electron chi connectivity index (χ3n) is 4.49. The van der Waals surface area contributed by atoms with E-state index in [4.69, 9.17) is 5.73 Å². The van der Waals surface area contributed by atoms with E-state index in [1.165, 1.54) is 6.54 Å². The molecule has 2 rings (SSSR count). The van der Waals surface area contributed by atoms with Crippen LogP contribution in [0.1, 0.15) is 52.4 Å². The van der Waals surface area contributed by atoms with Crippen LogP contribution in [0.2, 0.25) is 0 Å². The molecule has 1 heterocycles. The lowest BCUT2D eigenvalue weighted by atomic mass is 9.96. The molecule has 21 heavy (non-hydrogen) atoms. The summed E-state index contributed by atoms with van der Waals surface area (Å²) in [6.07, 6.45) is 6.02. The van der Waals surface area contributed by atoms with Gasteiger partial charge in [-0.3, -0.25) is 4.79 Å². The molecule has 0 atom stereocenters. The van der Waals surface area contributed by atoms with Crippen LogP contribution < -0.4 is 11.1 Å². The Morgan fingerprint density at radius 3 is 2.24 bits per heavy atom.